The van der Waals surface area contributed by atoms with E-state index in [0.29, 0.717) is 5.75 Å². The van der Waals surface area contributed by atoms with Gasteiger partial charge in [0.25, 0.3) is 0 Å². The minimum absolute atomic E-state index is 0.0750. The van der Waals surface area contributed by atoms with E-state index in [4.69, 9.17) is 21.1 Å². The number of rotatable bonds is 7. The van der Waals surface area contributed by atoms with E-state index in [-0.39, 0.29) is 11.9 Å². The molecule has 2 aromatic rings. The number of quaternary nitrogens is 1. The first-order valence-electron chi connectivity index (χ1n) is 9.86. The van der Waals surface area contributed by atoms with Gasteiger partial charge in [-0.15, -0.1) is 0 Å². The Hall–Kier alpha value is -2.50. The van der Waals surface area contributed by atoms with E-state index in [1.54, 1.807) is 32.4 Å². The lowest BCUT2D eigenvalue weighted by Crippen LogP contribution is -3.12. The van der Waals surface area contributed by atoms with E-state index in [2.05, 4.69) is 17.4 Å². The molecule has 1 amide bonds. The predicted octanol–water partition coefficient (Wildman–Crippen LogP) is 2.73. The third-order valence-electron chi connectivity index (χ3n) is 5.26. The molecule has 154 valence electrons. The molecular weight excluding hydrogens is 388 g/mol. The number of likely N-dealkylation sites (tertiary alicyclic amines) is 1. The molecule has 0 atom stereocenters. The largest absolute Gasteiger partial charge is 0.497 e. The topological polar surface area (TPSA) is 52.0 Å². The smallest absolute Gasteiger partial charge is 0.244 e. The van der Waals surface area contributed by atoms with Crippen molar-refractivity contribution in [2.24, 2.45) is 0 Å². The third-order valence-corrected chi connectivity index (χ3v) is 5.51. The molecule has 0 bridgehead atoms. The Bertz CT molecular complexity index is 844. The molecule has 2 N–H and O–H groups in total. The van der Waals surface area contributed by atoms with Gasteiger partial charge in [0.05, 0.1) is 27.3 Å². The van der Waals surface area contributed by atoms with Crippen molar-refractivity contribution < 1.29 is 19.2 Å². The van der Waals surface area contributed by atoms with Crippen LogP contribution in [-0.4, -0.2) is 39.3 Å². The zero-order valence-corrected chi connectivity index (χ0v) is 17.7. The number of amides is 1. The highest BCUT2D eigenvalue weighted by Gasteiger charge is 2.23. The first-order valence-corrected chi connectivity index (χ1v) is 10.2. The second kappa shape index (κ2) is 10.3. The van der Waals surface area contributed by atoms with Crippen LogP contribution in [0.4, 0.5) is 0 Å². The van der Waals surface area contributed by atoms with Gasteiger partial charge in [0.1, 0.15) is 18.0 Å². The van der Waals surface area contributed by atoms with Crippen molar-refractivity contribution in [2.45, 2.75) is 25.4 Å². The minimum Gasteiger partial charge on any atom is -0.497 e. The van der Waals surface area contributed by atoms with Gasteiger partial charge in [-0.3, -0.25) is 4.79 Å². The molecule has 1 aliphatic heterocycles. The molecule has 0 unspecified atom stereocenters. The van der Waals surface area contributed by atoms with Crippen LogP contribution in [0.2, 0.25) is 5.02 Å². The monoisotopic (exact) mass is 415 g/mol. The number of hydrogen-bond donors (Lipinski definition) is 2. The number of carbonyl (C=O) groups excluding carboxylic acids is 1. The number of piperidine rings is 1. The average Bonchev–Trinajstić information content (AvgIpc) is 2.75. The molecule has 2 aromatic carbocycles. The van der Waals surface area contributed by atoms with Crippen molar-refractivity contribution in [1.82, 2.24) is 5.32 Å². The Kier molecular flexibility index (Phi) is 7.55. The number of methoxy groups -OCH3 is 2. The van der Waals surface area contributed by atoms with Crippen LogP contribution >= 0.6 is 11.6 Å². The highest BCUT2D eigenvalue weighted by molar-refractivity contribution is 6.30. The van der Waals surface area contributed by atoms with Crippen molar-refractivity contribution in [3.05, 3.63) is 64.7 Å². The summed E-state index contributed by atoms with van der Waals surface area (Å²) in [5.74, 6) is 1.32. The molecule has 1 fully saturated rings. The lowest BCUT2D eigenvalue weighted by atomic mass is 10.0. The molecule has 1 heterocycles. The summed E-state index contributed by atoms with van der Waals surface area (Å²) in [6.07, 6.45) is 5.30. The van der Waals surface area contributed by atoms with Crippen LogP contribution in [0, 0.1) is 0 Å². The molecule has 0 aliphatic carbocycles. The fraction of sp³-hybridized carbons (Fsp3) is 0.348. The third kappa shape index (κ3) is 6.24. The maximum Gasteiger partial charge on any atom is 0.244 e. The number of hydrogen-bond acceptors (Lipinski definition) is 3. The molecule has 1 aliphatic rings. The number of benzene rings is 2. The first kappa shape index (κ1) is 21.2. The van der Waals surface area contributed by atoms with E-state index in [1.165, 1.54) is 10.5 Å². The zero-order chi connectivity index (χ0) is 20.6. The second-order valence-corrected chi connectivity index (χ2v) is 7.71. The fourth-order valence-electron chi connectivity index (χ4n) is 3.61. The summed E-state index contributed by atoms with van der Waals surface area (Å²) < 4.78 is 10.6. The maximum absolute atomic E-state index is 12.3. The van der Waals surface area contributed by atoms with Crippen LogP contribution in [0.25, 0.3) is 6.08 Å². The quantitative estimate of drug-likeness (QED) is 0.684. The Morgan fingerprint density at radius 1 is 1.14 bits per heavy atom. The van der Waals surface area contributed by atoms with Crippen LogP contribution in [-0.2, 0) is 11.3 Å². The van der Waals surface area contributed by atoms with Gasteiger partial charge in [0.2, 0.25) is 5.91 Å². The number of carbonyl (C=O) groups is 1. The first-order chi connectivity index (χ1) is 14.1. The molecule has 0 aromatic heterocycles. The van der Waals surface area contributed by atoms with Gasteiger partial charge in [-0.25, -0.2) is 0 Å². The molecule has 1 saturated heterocycles. The van der Waals surface area contributed by atoms with Crippen LogP contribution in [0.5, 0.6) is 11.5 Å². The minimum atomic E-state index is -0.0750. The standard InChI is InChI=1S/C23H27ClN2O3/c1-28-21-9-5-18(22(15-21)29-2)6-10-23(27)25-20-11-13-26(14-12-20)16-17-3-7-19(24)8-4-17/h3-10,15,20H,11-14,16H2,1-2H3,(H,25,27)/p+1/b10-6+. The van der Waals surface area contributed by atoms with E-state index in [9.17, 15) is 4.79 Å². The molecule has 0 spiro atoms. The average molecular weight is 416 g/mol. The molecule has 5 nitrogen and oxygen atoms in total. The highest BCUT2D eigenvalue weighted by atomic mass is 35.5. The zero-order valence-electron chi connectivity index (χ0n) is 16.9. The number of nitrogens with one attached hydrogen (secondary N) is 2. The normalized spacial score (nSPS) is 19.1. The molecule has 29 heavy (non-hydrogen) atoms. The van der Waals surface area contributed by atoms with E-state index in [1.807, 2.05) is 24.3 Å². The summed E-state index contributed by atoms with van der Waals surface area (Å²) in [6, 6.07) is 13.8. The van der Waals surface area contributed by atoms with Crippen molar-refractivity contribution in [3.63, 3.8) is 0 Å². The Morgan fingerprint density at radius 2 is 1.86 bits per heavy atom. The van der Waals surface area contributed by atoms with Crippen molar-refractivity contribution in [1.29, 1.82) is 0 Å². The van der Waals surface area contributed by atoms with Crippen LogP contribution in [0.1, 0.15) is 24.0 Å². The lowest BCUT2D eigenvalue weighted by molar-refractivity contribution is -0.918. The van der Waals surface area contributed by atoms with Crippen molar-refractivity contribution >= 4 is 23.6 Å². The predicted molar refractivity (Wildman–Crippen MR) is 116 cm³/mol. The van der Waals surface area contributed by atoms with Crippen LogP contribution in [0.3, 0.4) is 0 Å². The van der Waals surface area contributed by atoms with Crippen molar-refractivity contribution in [3.8, 4) is 11.5 Å². The second-order valence-electron chi connectivity index (χ2n) is 7.28. The van der Waals surface area contributed by atoms with E-state index in [0.717, 1.165) is 48.8 Å². The van der Waals surface area contributed by atoms with E-state index < -0.39 is 0 Å². The molecule has 0 radical (unpaired) electrons. The molecule has 3 rings (SSSR count). The summed E-state index contributed by atoms with van der Waals surface area (Å²) in [5.41, 5.74) is 2.13. The SMILES string of the molecule is COc1ccc(/C=C/C(=O)NC2CC[NH+](Cc3ccc(Cl)cc3)CC2)c(OC)c1. The highest BCUT2D eigenvalue weighted by Crippen LogP contribution is 2.25. The lowest BCUT2D eigenvalue weighted by Gasteiger charge is -2.29. The summed E-state index contributed by atoms with van der Waals surface area (Å²) >= 11 is 5.95. The van der Waals surface area contributed by atoms with Crippen molar-refractivity contribution in [2.75, 3.05) is 27.3 Å². The van der Waals surface area contributed by atoms with Gasteiger partial charge in [-0.1, -0.05) is 23.7 Å². The van der Waals surface area contributed by atoms with E-state index >= 15 is 0 Å². The molecule has 0 saturated carbocycles. The van der Waals surface area contributed by atoms with Gasteiger partial charge in [0, 0.05) is 47.2 Å². The number of ether oxygens (including phenoxy) is 2. The van der Waals surface area contributed by atoms with Gasteiger partial charge >= 0.3 is 0 Å². The van der Waals surface area contributed by atoms with Gasteiger partial charge in [-0.2, -0.15) is 0 Å². The van der Waals surface area contributed by atoms with Gasteiger partial charge < -0.3 is 19.7 Å². The maximum atomic E-state index is 12.3. The summed E-state index contributed by atoms with van der Waals surface area (Å²) in [4.78, 5) is 13.9. The Morgan fingerprint density at radius 3 is 2.52 bits per heavy atom. The summed E-state index contributed by atoms with van der Waals surface area (Å²) in [6.45, 7) is 3.09. The summed E-state index contributed by atoms with van der Waals surface area (Å²) in [5, 5.41) is 3.89. The van der Waals surface area contributed by atoms with Gasteiger partial charge in [0.15, 0.2) is 0 Å². The molecule has 6 heteroatoms. The van der Waals surface area contributed by atoms with Gasteiger partial charge in [-0.05, 0) is 30.3 Å². The van der Waals surface area contributed by atoms with Crippen LogP contribution in [0.15, 0.2) is 48.5 Å². The van der Waals surface area contributed by atoms with Crippen LogP contribution < -0.4 is 19.7 Å². The number of halogens is 1. The fourth-order valence-corrected chi connectivity index (χ4v) is 3.73. The Balaban J connectivity index is 1.47. The molecular formula is C23H28ClN2O3+. The summed E-state index contributed by atoms with van der Waals surface area (Å²) in [7, 11) is 3.21. The Labute approximate surface area is 177 Å².